The van der Waals surface area contributed by atoms with Crippen LogP contribution in [-0.2, 0) is 6.54 Å². The zero-order chi connectivity index (χ0) is 12.1. The van der Waals surface area contributed by atoms with Crippen LogP contribution in [0, 0.1) is 0 Å². The van der Waals surface area contributed by atoms with Crippen LogP contribution < -0.4 is 5.73 Å². The second kappa shape index (κ2) is 5.61. The summed E-state index contributed by atoms with van der Waals surface area (Å²) in [5.41, 5.74) is 7.61. The van der Waals surface area contributed by atoms with Crippen LogP contribution in [0.5, 0.6) is 0 Å². The fourth-order valence-electron chi connectivity index (χ4n) is 2.68. The van der Waals surface area contributed by atoms with Crippen LogP contribution in [0.4, 0.5) is 0 Å². The molecule has 17 heavy (non-hydrogen) atoms. The van der Waals surface area contributed by atoms with Gasteiger partial charge < -0.3 is 5.73 Å². The topological polar surface area (TPSA) is 42.2 Å². The van der Waals surface area contributed by atoms with Crippen molar-refractivity contribution in [1.82, 2.24) is 9.88 Å². The first-order chi connectivity index (χ1) is 8.22. The van der Waals surface area contributed by atoms with E-state index in [1.165, 1.54) is 25.7 Å². The maximum absolute atomic E-state index is 6.43. The monoisotopic (exact) mass is 233 g/mol. The smallest absolute Gasteiger partial charge is 0.0543 e. The van der Waals surface area contributed by atoms with E-state index in [2.05, 4.69) is 22.9 Å². The van der Waals surface area contributed by atoms with Crippen molar-refractivity contribution in [3.8, 4) is 0 Å². The number of nitrogens with zero attached hydrogens (tertiary/aromatic N) is 2. The fourth-order valence-corrected chi connectivity index (χ4v) is 2.68. The van der Waals surface area contributed by atoms with E-state index in [4.69, 9.17) is 5.73 Å². The number of pyridine rings is 1. The molecule has 94 valence electrons. The SMILES string of the molecule is CCN(Cc1ccccn1)CC1(N)CCCC1. The van der Waals surface area contributed by atoms with E-state index in [1.807, 2.05) is 18.3 Å². The number of nitrogens with two attached hydrogens (primary N) is 1. The maximum Gasteiger partial charge on any atom is 0.0543 e. The highest BCUT2D eigenvalue weighted by Gasteiger charge is 2.30. The first-order valence-electron chi connectivity index (χ1n) is 6.63. The zero-order valence-corrected chi connectivity index (χ0v) is 10.7. The summed E-state index contributed by atoms with van der Waals surface area (Å²) in [5.74, 6) is 0. The van der Waals surface area contributed by atoms with Crippen molar-refractivity contribution in [1.29, 1.82) is 0 Å². The van der Waals surface area contributed by atoms with Gasteiger partial charge in [-0.15, -0.1) is 0 Å². The molecule has 2 rings (SSSR count). The molecule has 0 bridgehead atoms. The molecule has 3 heteroatoms. The molecule has 3 nitrogen and oxygen atoms in total. The average Bonchev–Trinajstić information content (AvgIpc) is 2.76. The lowest BCUT2D eigenvalue weighted by atomic mass is 9.98. The standard InChI is InChI=1S/C14H23N3/c1-2-17(11-13-7-3-6-10-16-13)12-14(15)8-4-5-9-14/h3,6-7,10H,2,4-5,8-9,11-12,15H2,1H3. The Kier molecular flexibility index (Phi) is 4.13. The molecule has 1 aliphatic carbocycles. The highest BCUT2D eigenvalue weighted by atomic mass is 15.1. The molecular formula is C14H23N3. The molecule has 0 unspecified atom stereocenters. The van der Waals surface area contributed by atoms with Crippen LogP contribution in [0.1, 0.15) is 38.3 Å². The van der Waals surface area contributed by atoms with Gasteiger partial charge in [-0.2, -0.15) is 0 Å². The van der Waals surface area contributed by atoms with Gasteiger partial charge in [-0.05, 0) is 31.5 Å². The summed E-state index contributed by atoms with van der Waals surface area (Å²) in [6.45, 7) is 5.15. The van der Waals surface area contributed by atoms with Crippen LogP contribution in [-0.4, -0.2) is 28.5 Å². The fraction of sp³-hybridized carbons (Fsp3) is 0.643. The molecule has 1 aliphatic rings. The molecule has 0 spiro atoms. The van der Waals surface area contributed by atoms with Gasteiger partial charge in [0, 0.05) is 24.8 Å². The highest BCUT2D eigenvalue weighted by molar-refractivity contribution is 5.04. The van der Waals surface area contributed by atoms with Crippen LogP contribution in [0.3, 0.4) is 0 Å². The Labute approximate surface area is 104 Å². The quantitative estimate of drug-likeness (QED) is 0.847. The van der Waals surface area contributed by atoms with Crippen LogP contribution in [0.15, 0.2) is 24.4 Å². The number of aromatic nitrogens is 1. The first-order valence-corrected chi connectivity index (χ1v) is 6.63. The minimum atomic E-state index is 0.0464. The number of rotatable bonds is 5. The number of likely N-dealkylation sites (N-methyl/N-ethyl adjacent to an activating group) is 1. The molecule has 0 atom stereocenters. The molecule has 0 saturated heterocycles. The van der Waals surface area contributed by atoms with E-state index in [0.29, 0.717) is 0 Å². The predicted octanol–water partition coefficient (Wildman–Crippen LogP) is 2.17. The predicted molar refractivity (Wildman–Crippen MR) is 70.6 cm³/mol. The summed E-state index contributed by atoms with van der Waals surface area (Å²) in [4.78, 5) is 6.79. The molecule has 1 aromatic heterocycles. The molecule has 1 saturated carbocycles. The second-order valence-electron chi connectivity index (χ2n) is 5.19. The summed E-state index contributed by atoms with van der Waals surface area (Å²) in [5, 5.41) is 0. The third kappa shape index (κ3) is 3.51. The minimum absolute atomic E-state index is 0.0464. The molecule has 0 aromatic carbocycles. The largest absolute Gasteiger partial charge is 0.324 e. The summed E-state index contributed by atoms with van der Waals surface area (Å²) in [6, 6.07) is 6.09. The summed E-state index contributed by atoms with van der Waals surface area (Å²) >= 11 is 0. The van der Waals surface area contributed by atoms with Crippen LogP contribution in [0.2, 0.25) is 0 Å². The van der Waals surface area contributed by atoms with E-state index < -0.39 is 0 Å². The lowest BCUT2D eigenvalue weighted by Gasteiger charge is -2.31. The average molecular weight is 233 g/mol. The van der Waals surface area contributed by atoms with Gasteiger partial charge >= 0.3 is 0 Å². The molecule has 2 N–H and O–H groups in total. The second-order valence-corrected chi connectivity index (χ2v) is 5.19. The molecule has 1 heterocycles. The van der Waals surface area contributed by atoms with E-state index in [9.17, 15) is 0 Å². The van der Waals surface area contributed by atoms with E-state index in [1.54, 1.807) is 0 Å². The van der Waals surface area contributed by atoms with Crippen molar-refractivity contribution in [2.45, 2.75) is 44.7 Å². The molecule has 1 fully saturated rings. The van der Waals surface area contributed by atoms with Gasteiger partial charge in [0.05, 0.1) is 5.69 Å². The highest BCUT2D eigenvalue weighted by Crippen LogP contribution is 2.28. The molecule has 0 aliphatic heterocycles. The van der Waals surface area contributed by atoms with Crippen molar-refractivity contribution >= 4 is 0 Å². The molecule has 1 aromatic rings. The van der Waals surface area contributed by atoms with Gasteiger partial charge in [-0.25, -0.2) is 0 Å². The van der Waals surface area contributed by atoms with E-state index in [-0.39, 0.29) is 5.54 Å². The third-order valence-corrected chi connectivity index (χ3v) is 3.70. The van der Waals surface area contributed by atoms with Gasteiger partial charge in [0.1, 0.15) is 0 Å². The van der Waals surface area contributed by atoms with Gasteiger partial charge in [0.25, 0.3) is 0 Å². The Bertz CT molecular complexity index is 331. The van der Waals surface area contributed by atoms with E-state index >= 15 is 0 Å². The summed E-state index contributed by atoms with van der Waals surface area (Å²) < 4.78 is 0. The maximum atomic E-state index is 6.43. The lowest BCUT2D eigenvalue weighted by Crippen LogP contribution is -2.47. The summed E-state index contributed by atoms with van der Waals surface area (Å²) in [6.07, 6.45) is 6.78. The Hall–Kier alpha value is -0.930. The number of hydrogen-bond donors (Lipinski definition) is 1. The Morgan fingerprint density at radius 2 is 2.12 bits per heavy atom. The summed E-state index contributed by atoms with van der Waals surface area (Å²) in [7, 11) is 0. The first kappa shape index (κ1) is 12.5. The van der Waals surface area contributed by atoms with Crippen LogP contribution in [0.25, 0.3) is 0 Å². The van der Waals surface area contributed by atoms with Gasteiger partial charge in [-0.1, -0.05) is 25.8 Å². The molecular weight excluding hydrogens is 210 g/mol. The van der Waals surface area contributed by atoms with Crippen molar-refractivity contribution in [3.63, 3.8) is 0 Å². The van der Waals surface area contributed by atoms with Gasteiger partial charge in [-0.3, -0.25) is 9.88 Å². The van der Waals surface area contributed by atoms with Gasteiger partial charge in [0.2, 0.25) is 0 Å². The van der Waals surface area contributed by atoms with Gasteiger partial charge in [0.15, 0.2) is 0 Å². The minimum Gasteiger partial charge on any atom is -0.324 e. The molecule has 0 amide bonds. The van der Waals surface area contributed by atoms with E-state index in [0.717, 1.165) is 25.3 Å². The normalized spacial score (nSPS) is 18.8. The zero-order valence-electron chi connectivity index (χ0n) is 10.7. The van der Waals surface area contributed by atoms with Crippen molar-refractivity contribution in [2.75, 3.05) is 13.1 Å². The Morgan fingerprint density at radius 3 is 2.71 bits per heavy atom. The van der Waals surface area contributed by atoms with Crippen LogP contribution >= 0.6 is 0 Å². The third-order valence-electron chi connectivity index (χ3n) is 3.70. The van der Waals surface area contributed by atoms with Crippen molar-refractivity contribution in [2.24, 2.45) is 5.73 Å². The Morgan fingerprint density at radius 1 is 1.35 bits per heavy atom. The van der Waals surface area contributed by atoms with Crippen molar-refractivity contribution < 1.29 is 0 Å². The van der Waals surface area contributed by atoms with Crippen molar-refractivity contribution in [3.05, 3.63) is 30.1 Å². The Balaban J connectivity index is 1.93. The lowest BCUT2D eigenvalue weighted by molar-refractivity contribution is 0.209. The number of hydrogen-bond acceptors (Lipinski definition) is 3. The molecule has 0 radical (unpaired) electrons.